The van der Waals surface area contributed by atoms with Crippen LogP contribution in [0.15, 0.2) is 18.2 Å². The SMILES string of the molecule is CC(=O)Oc1ccc(Cl)c(NS(=O)[O-])c1. The number of anilines is 1. The zero-order valence-electron chi connectivity index (χ0n) is 7.65. The van der Waals surface area contributed by atoms with Crippen molar-refractivity contribution in [1.29, 1.82) is 0 Å². The summed E-state index contributed by atoms with van der Waals surface area (Å²) in [5, 5.41) is 0.218. The van der Waals surface area contributed by atoms with Gasteiger partial charge in [0, 0.05) is 24.3 Å². The minimum absolute atomic E-state index is 0.156. The Bertz CT molecular complexity index is 410. The van der Waals surface area contributed by atoms with Gasteiger partial charge in [-0.2, -0.15) is 0 Å². The van der Waals surface area contributed by atoms with Crippen LogP contribution in [0.2, 0.25) is 5.02 Å². The van der Waals surface area contributed by atoms with Crippen LogP contribution in [0.5, 0.6) is 5.75 Å². The van der Waals surface area contributed by atoms with Crippen LogP contribution < -0.4 is 9.46 Å². The van der Waals surface area contributed by atoms with E-state index in [1.807, 2.05) is 0 Å². The van der Waals surface area contributed by atoms with E-state index in [0.29, 0.717) is 0 Å². The molecule has 1 N–H and O–H groups in total. The summed E-state index contributed by atoms with van der Waals surface area (Å²) in [6, 6.07) is 4.21. The average Bonchev–Trinajstić information content (AvgIpc) is 2.09. The predicted octanol–water partition coefficient (Wildman–Crippen LogP) is 1.47. The second kappa shape index (κ2) is 5.11. The molecule has 1 aromatic carbocycles. The summed E-state index contributed by atoms with van der Waals surface area (Å²) < 4.78 is 27.6. The summed E-state index contributed by atoms with van der Waals surface area (Å²) in [5.74, 6) is -0.272. The molecule has 7 heteroatoms. The van der Waals surface area contributed by atoms with Gasteiger partial charge in [-0.15, -0.1) is 0 Å². The Morgan fingerprint density at radius 3 is 2.80 bits per heavy atom. The van der Waals surface area contributed by atoms with Gasteiger partial charge in [0.05, 0.1) is 10.7 Å². The number of carbonyl (C=O) groups excluding carboxylic acids is 1. The highest BCUT2D eigenvalue weighted by atomic mass is 35.5. The number of carbonyl (C=O) groups is 1. The van der Waals surface area contributed by atoms with E-state index in [-0.39, 0.29) is 16.5 Å². The molecule has 15 heavy (non-hydrogen) atoms. The van der Waals surface area contributed by atoms with Crippen molar-refractivity contribution >= 4 is 34.5 Å². The molecule has 0 spiro atoms. The first-order valence-corrected chi connectivity index (χ1v) is 5.28. The van der Waals surface area contributed by atoms with Crippen LogP contribution in [0.3, 0.4) is 0 Å². The highest BCUT2D eigenvalue weighted by Gasteiger charge is 2.04. The third-order valence-electron chi connectivity index (χ3n) is 1.39. The van der Waals surface area contributed by atoms with Gasteiger partial charge in [0.1, 0.15) is 5.75 Å². The van der Waals surface area contributed by atoms with Crippen molar-refractivity contribution in [2.24, 2.45) is 0 Å². The Kier molecular flexibility index (Phi) is 4.07. The molecule has 0 aliphatic heterocycles. The molecule has 0 aromatic heterocycles. The lowest BCUT2D eigenvalue weighted by Crippen LogP contribution is -2.05. The summed E-state index contributed by atoms with van der Waals surface area (Å²) >= 11 is 3.23. The molecule has 0 aliphatic rings. The molecule has 5 nitrogen and oxygen atoms in total. The van der Waals surface area contributed by atoms with E-state index in [9.17, 15) is 13.6 Å². The molecule has 1 atom stereocenters. The van der Waals surface area contributed by atoms with Crippen LogP contribution in [0.4, 0.5) is 5.69 Å². The molecule has 0 saturated heterocycles. The Labute approximate surface area is 93.8 Å². The van der Waals surface area contributed by atoms with E-state index in [0.717, 1.165) is 0 Å². The number of nitrogens with one attached hydrogen (secondary N) is 1. The molecular weight excluding hydrogens is 242 g/mol. The van der Waals surface area contributed by atoms with E-state index in [1.54, 1.807) is 0 Å². The van der Waals surface area contributed by atoms with Crippen LogP contribution in [-0.2, 0) is 16.1 Å². The first kappa shape index (κ1) is 12.0. The first-order chi connectivity index (χ1) is 6.99. The van der Waals surface area contributed by atoms with Crippen LogP contribution in [0.1, 0.15) is 6.92 Å². The Morgan fingerprint density at radius 2 is 2.27 bits per heavy atom. The van der Waals surface area contributed by atoms with Gasteiger partial charge in [0.2, 0.25) is 0 Å². The highest BCUT2D eigenvalue weighted by Crippen LogP contribution is 2.27. The van der Waals surface area contributed by atoms with Crippen molar-refractivity contribution in [2.75, 3.05) is 4.72 Å². The molecule has 0 bridgehead atoms. The molecule has 1 unspecified atom stereocenters. The molecule has 0 saturated carbocycles. The van der Waals surface area contributed by atoms with E-state index < -0.39 is 17.2 Å². The standard InChI is InChI=1S/C8H8ClNO4S/c1-5(11)14-6-2-3-7(9)8(4-6)10-15(12)13/h2-4,10H,1H3,(H,12,13)/p-1. The van der Waals surface area contributed by atoms with Crippen molar-refractivity contribution < 1.29 is 18.3 Å². The summed E-state index contributed by atoms with van der Waals surface area (Å²) in [6.07, 6.45) is 0. The van der Waals surface area contributed by atoms with Gasteiger partial charge in [-0.05, 0) is 12.1 Å². The molecule has 82 valence electrons. The Balaban J connectivity index is 2.94. The van der Waals surface area contributed by atoms with Crippen LogP contribution in [-0.4, -0.2) is 14.7 Å². The molecular formula is C8H7ClNO4S-. The third kappa shape index (κ3) is 3.86. The topological polar surface area (TPSA) is 78.5 Å². The van der Waals surface area contributed by atoms with Crippen molar-refractivity contribution in [2.45, 2.75) is 6.92 Å². The predicted molar refractivity (Wildman–Crippen MR) is 55.3 cm³/mol. The van der Waals surface area contributed by atoms with E-state index in [1.165, 1.54) is 25.1 Å². The van der Waals surface area contributed by atoms with E-state index in [2.05, 4.69) is 4.72 Å². The van der Waals surface area contributed by atoms with Crippen molar-refractivity contribution in [1.82, 2.24) is 0 Å². The van der Waals surface area contributed by atoms with Gasteiger partial charge in [-0.3, -0.25) is 9.00 Å². The van der Waals surface area contributed by atoms with Crippen molar-refractivity contribution in [3.8, 4) is 5.75 Å². The highest BCUT2D eigenvalue weighted by molar-refractivity contribution is 7.80. The second-order valence-electron chi connectivity index (χ2n) is 2.57. The van der Waals surface area contributed by atoms with Gasteiger partial charge >= 0.3 is 5.97 Å². The molecule has 0 heterocycles. The zero-order valence-corrected chi connectivity index (χ0v) is 9.22. The maximum atomic E-state index is 10.6. The Hall–Kier alpha value is -1.11. The number of hydrogen-bond acceptors (Lipinski definition) is 4. The van der Waals surface area contributed by atoms with Crippen molar-refractivity contribution in [3.63, 3.8) is 0 Å². The maximum Gasteiger partial charge on any atom is 0.308 e. The summed E-state index contributed by atoms with van der Waals surface area (Å²) in [5.41, 5.74) is 0.156. The van der Waals surface area contributed by atoms with Crippen LogP contribution >= 0.6 is 11.6 Å². The largest absolute Gasteiger partial charge is 0.755 e. The van der Waals surface area contributed by atoms with Crippen LogP contribution in [0.25, 0.3) is 0 Å². The molecule has 0 amide bonds. The van der Waals surface area contributed by atoms with Gasteiger partial charge in [-0.1, -0.05) is 11.6 Å². The summed E-state index contributed by atoms with van der Waals surface area (Å²) in [4.78, 5) is 10.6. The van der Waals surface area contributed by atoms with E-state index in [4.69, 9.17) is 16.3 Å². The minimum Gasteiger partial charge on any atom is -0.755 e. The zero-order chi connectivity index (χ0) is 11.4. The maximum absolute atomic E-state index is 10.6. The molecule has 0 aliphatic carbocycles. The van der Waals surface area contributed by atoms with E-state index >= 15 is 0 Å². The van der Waals surface area contributed by atoms with Gasteiger partial charge < -0.3 is 14.0 Å². The summed E-state index contributed by atoms with van der Waals surface area (Å²) in [6.45, 7) is 1.24. The number of benzene rings is 1. The first-order valence-electron chi connectivity index (χ1n) is 3.83. The fraction of sp³-hybridized carbons (Fsp3) is 0.125. The fourth-order valence-electron chi connectivity index (χ4n) is 0.902. The number of esters is 1. The molecule has 1 aromatic rings. The fourth-order valence-corrected chi connectivity index (χ4v) is 1.47. The second-order valence-corrected chi connectivity index (χ2v) is 3.65. The monoisotopic (exact) mass is 248 g/mol. The third-order valence-corrected chi connectivity index (χ3v) is 2.11. The molecule has 1 rings (SSSR count). The normalized spacial score (nSPS) is 11.9. The minimum atomic E-state index is -2.47. The van der Waals surface area contributed by atoms with Gasteiger partial charge in [0.25, 0.3) is 0 Å². The lowest BCUT2D eigenvalue weighted by Gasteiger charge is -2.11. The van der Waals surface area contributed by atoms with Crippen molar-refractivity contribution in [3.05, 3.63) is 23.2 Å². The number of halogens is 1. The summed E-state index contributed by atoms with van der Waals surface area (Å²) in [7, 11) is 0. The molecule has 0 fully saturated rings. The van der Waals surface area contributed by atoms with Gasteiger partial charge in [-0.25, -0.2) is 0 Å². The number of hydrogen-bond donors (Lipinski definition) is 1. The lowest BCUT2D eigenvalue weighted by atomic mass is 10.3. The Morgan fingerprint density at radius 1 is 1.60 bits per heavy atom. The quantitative estimate of drug-likeness (QED) is 0.499. The lowest BCUT2D eigenvalue weighted by molar-refractivity contribution is -0.131. The molecule has 0 radical (unpaired) electrons. The average molecular weight is 249 g/mol. The number of rotatable bonds is 3. The van der Waals surface area contributed by atoms with Crippen LogP contribution in [0, 0.1) is 0 Å². The van der Waals surface area contributed by atoms with Gasteiger partial charge in [0.15, 0.2) is 0 Å². The number of ether oxygens (including phenoxy) is 1. The smallest absolute Gasteiger partial charge is 0.308 e.